The maximum absolute atomic E-state index is 12.5. The maximum atomic E-state index is 12.5. The van der Waals surface area contributed by atoms with Crippen molar-refractivity contribution in [2.45, 2.75) is 32.2 Å². The monoisotopic (exact) mass is 373 g/mol. The number of carbonyl (C=O) groups is 3. The van der Waals surface area contributed by atoms with Crippen LogP contribution in [-0.2, 0) is 20.9 Å². The number of carbonyl (C=O) groups excluding carboxylic acids is 3. The number of hydrogen-bond donors (Lipinski definition) is 1. The van der Waals surface area contributed by atoms with E-state index < -0.39 is 6.09 Å². The van der Waals surface area contributed by atoms with Crippen molar-refractivity contribution in [2.75, 3.05) is 33.3 Å². The van der Waals surface area contributed by atoms with E-state index in [2.05, 4.69) is 10.1 Å². The predicted molar refractivity (Wildman–Crippen MR) is 99.7 cm³/mol. The van der Waals surface area contributed by atoms with Gasteiger partial charge in [0.05, 0.1) is 7.11 Å². The van der Waals surface area contributed by atoms with E-state index in [4.69, 9.17) is 0 Å². The lowest BCUT2D eigenvalue weighted by molar-refractivity contribution is -0.143. The molecule has 2 aliphatic heterocycles. The first-order valence-corrected chi connectivity index (χ1v) is 9.43. The smallest absolute Gasteiger partial charge is 0.407 e. The largest absolute Gasteiger partial charge is 0.453 e. The van der Waals surface area contributed by atoms with Crippen LogP contribution in [0.2, 0.25) is 0 Å². The summed E-state index contributed by atoms with van der Waals surface area (Å²) in [5.74, 6) is 0.0753. The molecule has 27 heavy (non-hydrogen) atoms. The Balaban J connectivity index is 1.63. The first-order chi connectivity index (χ1) is 13.0. The number of piperidine rings is 2. The zero-order chi connectivity index (χ0) is 19.3. The zero-order valence-electron chi connectivity index (χ0n) is 15.8. The Kier molecular flexibility index (Phi) is 5.98. The average Bonchev–Trinajstić information content (AvgIpc) is 2.69. The van der Waals surface area contributed by atoms with Gasteiger partial charge >= 0.3 is 6.09 Å². The third kappa shape index (κ3) is 4.78. The summed E-state index contributed by atoms with van der Waals surface area (Å²) < 4.78 is 4.52. The van der Waals surface area contributed by atoms with Gasteiger partial charge in [0.2, 0.25) is 11.8 Å². The highest BCUT2D eigenvalue weighted by Gasteiger charge is 2.42. The highest BCUT2D eigenvalue weighted by molar-refractivity contribution is 5.82. The quantitative estimate of drug-likeness (QED) is 0.872. The molecule has 1 spiro atoms. The fraction of sp³-hybridized carbons (Fsp3) is 0.550. The third-order valence-electron chi connectivity index (χ3n) is 5.55. The minimum absolute atomic E-state index is 0.0537. The summed E-state index contributed by atoms with van der Waals surface area (Å²) in [6, 6.07) is 9.99. The zero-order valence-corrected chi connectivity index (χ0v) is 15.8. The van der Waals surface area contributed by atoms with Crippen LogP contribution in [0, 0.1) is 5.41 Å². The van der Waals surface area contributed by atoms with Crippen molar-refractivity contribution in [2.24, 2.45) is 5.41 Å². The molecule has 1 N–H and O–H groups in total. The lowest BCUT2D eigenvalue weighted by atomic mass is 9.73. The molecule has 2 heterocycles. The number of benzene rings is 1. The Bertz CT molecular complexity index is 694. The van der Waals surface area contributed by atoms with Crippen molar-refractivity contribution < 1.29 is 19.1 Å². The molecule has 2 aliphatic rings. The van der Waals surface area contributed by atoms with Crippen molar-refractivity contribution in [1.29, 1.82) is 0 Å². The Hall–Kier alpha value is -2.57. The van der Waals surface area contributed by atoms with E-state index in [9.17, 15) is 14.4 Å². The van der Waals surface area contributed by atoms with Gasteiger partial charge in [-0.25, -0.2) is 4.79 Å². The van der Waals surface area contributed by atoms with Crippen LogP contribution in [0.4, 0.5) is 4.79 Å². The van der Waals surface area contributed by atoms with Gasteiger partial charge < -0.3 is 19.9 Å². The molecule has 1 atom stereocenters. The van der Waals surface area contributed by atoms with E-state index in [0.29, 0.717) is 32.6 Å². The van der Waals surface area contributed by atoms with Gasteiger partial charge in [-0.1, -0.05) is 30.3 Å². The Labute approximate surface area is 159 Å². The second-order valence-electron chi connectivity index (χ2n) is 7.50. The van der Waals surface area contributed by atoms with E-state index >= 15 is 0 Å². The molecule has 2 saturated heterocycles. The van der Waals surface area contributed by atoms with Crippen LogP contribution in [0.3, 0.4) is 0 Å². The van der Waals surface area contributed by atoms with Gasteiger partial charge in [-0.05, 0) is 24.8 Å². The molecule has 0 aromatic heterocycles. The van der Waals surface area contributed by atoms with Crippen molar-refractivity contribution in [3.05, 3.63) is 35.9 Å². The molecule has 3 rings (SSSR count). The van der Waals surface area contributed by atoms with E-state index in [1.165, 1.54) is 7.11 Å². The Morgan fingerprint density at radius 3 is 2.70 bits per heavy atom. The molecule has 0 saturated carbocycles. The van der Waals surface area contributed by atoms with E-state index in [0.717, 1.165) is 24.8 Å². The fourth-order valence-electron chi connectivity index (χ4n) is 4.14. The van der Waals surface area contributed by atoms with Crippen molar-refractivity contribution in [3.63, 3.8) is 0 Å². The molecular weight excluding hydrogens is 346 g/mol. The van der Waals surface area contributed by atoms with Crippen molar-refractivity contribution >= 4 is 17.9 Å². The van der Waals surface area contributed by atoms with Gasteiger partial charge in [0.25, 0.3) is 0 Å². The van der Waals surface area contributed by atoms with E-state index in [1.54, 1.807) is 0 Å². The first-order valence-electron chi connectivity index (χ1n) is 9.43. The summed E-state index contributed by atoms with van der Waals surface area (Å²) in [6.07, 6.45) is 2.66. The second kappa shape index (κ2) is 8.41. The van der Waals surface area contributed by atoms with Gasteiger partial charge in [0.15, 0.2) is 0 Å². The van der Waals surface area contributed by atoms with Crippen molar-refractivity contribution in [3.8, 4) is 0 Å². The number of alkyl carbamates (subject to hydrolysis) is 1. The molecule has 3 amide bonds. The van der Waals surface area contributed by atoms with Gasteiger partial charge in [0.1, 0.15) is 6.54 Å². The average molecular weight is 373 g/mol. The molecule has 146 valence electrons. The number of nitrogens with one attached hydrogen (secondary N) is 1. The molecular formula is C20H27N3O4. The minimum Gasteiger partial charge on any atom is -0.453 e. The number of methoxy groups -OCH3 is 1. The van der Waals surface area contributed by atoms with Gasteiger partial charge in [-0.2, -0.15) is 0 Å². The lowest BCUT2D eigenvalue weighted by Gasteiger charge is -2.48. The lowest BCUT2D eigenvalue weighted by Crippen LogP contribution is -2.55. The number of amides is 3. The standard InChI is InChI=1S/C20H27N3O4/c1-27-19(26)21-12-18(25)22-11-5-9-20(14-22)10-8-17(24)23(15-20)13-16-6-3-2-4-7-16/h2-4,6-7H,5,8-15H2,1H3,(H,21,26)/t20-/m0/s1. The molecule has 1 aromatic rings. The van der Waals surface area contributed by atoms with Crippen LogP contribution in [0.5, 0.6) is 0 Å². The molecule has 1 aromatic carbocycles. The van der Waals surface area contributed by atoms with Gasteiger partial charge in [-0.3, -0.25) is 9.59 Å². The number of likely N-dealkylation sites (tertiary alicyclic amines) is 2. The number of rotatable bonds is 4. The SMILES string of the molecule is COC(=O)NCC(=O)N1CCC[C@]2(CCC(=O)N(Cc3ccccc3)C2)C1. The van der Waals surface area contributed by atoms with Gasteiger partial charge in [0, 0.05) is 38.0 Å². The second-order valence-corrected chi connectivity index (χ2v) is 7.50. The van der Waals surface area contributed by atoms with Crippen LogP contribution < -0.4 is 5.32 Å². The topological polar surface area (TPSA) is 79.0 Å². The highest BCUT2D eigenvalue weighted by atomic mass is 16.5. The molecule has 7 heteroatoms. The van der Waals surface area contributed by atoms with Crippen molar-refractivity contribution in [1.82, 2.24) is 15.1 Å². The molecule has 0 aliphatic carbocycles. The van der Waals surface area contributed by atoms with E-state index in [-0.39, 0.29) is 23.8 Å². The third-order valence-corrected chi connectivity index (χ3v) is 5.55. The normalized spacial score (nSPS) is 22.6. The number of ether oxygens (including phenoxy) is 1. The summed E-state index contributed by atoms with van der Waals surface area (Å²) in [6.45, 7) is 2.55. The van der Waals surface area contributed by atoms with Crippen LogP contribution in [0.1, 0.15) is 31.2 Å². The van der Waals surface area contributed by atoms with Crippen LogP contribution in [-0.4, -0.2) is 61.0 Å². The van der Waals surface area contributed by atoms with Crippen LogP contribution in [0.25, 0.3) is 0 Å². The fourth-order valence-corrected chi connectivity index (χ4v) is 4.14. The summed E-state index contributed by atoms with van der Waals surface area (Å²) in [5.41, 5.74) is 1.07. The summed E-state index contributed by atoms with van der Waals surface area (Å²) in [4.78, 5) is 39.8. The highest BCUT2D eigenvalue weighted by Crippen LogP contribution is 2.39. The van der Waals surface area contributed by atoms with Crippen LogP contribution in [0.15, 0.2) is 30.3 Å². The predicted octanol–water partition coefficient (Wildman–Crippen LogP) is 1.77. The van der Waals surface area contributed by atoms with Crippen LogP contribution >= 0.6 is 0 Å². The summed E-state index contributed by atoms with van der Waals surface area (Å²) in [7, 11) is 1.27. The first kappa shape index (κ1) is 19.2. The maximum Gasteiger partial charge on any atom is 0.407 e. The Morgan fingerprint density at radius 2 is 1.96 bits per heavy atom. The number of hydrogen-bond acceptors (Lipinski definition) is 4. The minimum atomic E-state index is -0.604. The Morgan fingerprint density at radius 1 is 1.19 bits per heavy atom. The molecule has 0 unspecified atom stereocenters. The van der Waals surface area contributed by atoms with Gasteiger partial charge in [-0.15, -0.1) is 0 Å². The van der Waals surface area contributed by atoms with E-state index in [1.807, 2.05) is 40.1 Å². The molecule has 0 radical (unpaired) electrons. The summed E-state index contributed by atoms with van der Waals surface area (Å²) >= 11 is 0. The molecule has 0 bridgehead atoms. The molecule has 2 fully saturated rings. The summed E-state index contributed by atoms with van der Waals surface area (Å²) in [5, 5.41) is 2.45. The number of nitrogens with zero attached hydrogens (tertiary/aromatic N) is 2. The molecule has 7 nitrogen and oxygen atoms in total.